The zero-order valence-electron chi connectivity index (χ0n) is 17.3. The number of ether oxygens (including phenoxy) is 1. The second-order valence-electron chi connectivity index (χ2n) is 8.26. The van der Waals surface area contributed by atoms with Crippen molar-refractivity contribution < 1.29 is 23.0 Å². The molecule has 1 aromatic heterocycles. The summed E-state index contributed by atoms with van der Waals surface area (Å²) in [6, 6.07) is 10.8. The molecule has 0 spiro atoms. The molecule has 0 aliphatic heterocycles. The van der Waals surface area contributed by atoms with Crippen LogP contribution in [-0.4, -0.2) is 16.2 Å². The Morgan fingerprint density at radius 3 is 2.50 bits per heavy atom. The zero-order valence-corrected chi connectivity index (χ0v) is 18.1. The number of benzene rings is 2. The number of hydrogen-bond donors (Lipinski definition) is 2. The normalized spacial score (nSPS) is 18.7. The Labute approximate surface area is 188 Å². The Hall–Kier alpha value is -2.58. The summed E-state index contributed by atoms with van der Waals surface area (Å²) in [4.78, 5) is 5.61. The monoisotopic (exact) mass is 460 g/mol. The summed E-state index contributed by atoms with van der Waals surface area (Å²) in [7, 11) is 0. The molecule has 1 fully saturated rings. The van der Waals surface area contributed by atoms with Crippen molar-refractivity contribution in [3.63, 3.8) is 0 Å². The van der Waals surface area contributed by atoms with Gasteiger partial charge in [-0.15, -0.1) is 11.3 Å². The fourth-order valence-electron chi connectivity index (χ4n) is 4.16. The minimum Gasteiger partial charge on any atom is -0.488 e. The fourth-order valence-corrected chi connectivity index (χ4v) is 5.23. The highest BCUT2D eigenvalue weighted by Crippen LogP contribution is 2.45. The molecule has 0 radical (unpaired) electrons. The van der Waals surface area contributed by atoms with E-state index in [1.807, 2.05) is 0 Å². The first kappa shape index (κ1) is 21.3. The van der Waals surface area contributed by atoms with Gasteiger partial charge in [-0.05, 0) is 56.2 Å². The van der Waals surface area contributed by atoms with Gasteiger partial charge in [0.05, 0.1) is 29.2 Å². The lowest BCUT2D eigenvalue weighted by Gasteiger charge is -2.29. The molecule has 8 heteroatoms. The summed E-state index contributed by atoms with van der Waals surface area (Å²) in [6.45, 7) is 0. The Balaban J connectivity index is 1.57. The molecule has 2 aromatic carbocycles. The van der Waals surface area contributed by atoms with Crippen LogP contribution in [0.3, 0.4) is 0 Å². The maximum atomic E-state index is 13.7. The highest BCUT2D eigenvalue weighted by atomic mass is 32.1. The number of aromatic nitrogens is 1. The molecule has 0 amide bonds. The zero-order chi connectivity index (χ0) is 22.3. The van der Waals surface area contributed by atoms with Crippen LogP contribution in [0.25, 0.3) is 11.1 Å². The Kier molecular flexibility index (Phi) is 5.59. The molecule has 5 rings (SSSR count). The van der Waals surface area contributed by atoms with Crippen molar-refractivity contribution in [1.82, 2.24) is 4.98 Å². The van der Waals surface area contributed by atoms with Crippen LogP contribution in [0.15, 0.2) is 42.5 Å². The standard InChI is InChI=1S/C24H23F3N2O2S/c25-24(26,27)17-10-2-1-8-15(17)16-9-4-11-18(22(16)31-14-6-3-7-14)28-23-29-21-19(30)12-5-13-20(21)32-23/h1-2,4,8-11,14,19,30H,3,5-7,12-13H2,(H,28,29). The molecule has 3 aromatic rings. The summed E-state index contributed by atoms with van der Waals surface area (Å²) < 4.78 is 47.4. The lowest BCUT2D eigenvalue weighted by Crippen LogP contribution is -2.25. The van der Waals surface area contributed by atoms with Crippen molar-refractivity contribution in [2.75, 3.05) is 5.32 Å². The number of hydrogen-bond acceptors (Lipinski definition) is 5. The highest BCUT2D eigenvalue weighted by Gasteiger charge is 2.35. The van der Waals surface area contributed by atoms with Gasteiger partial charge in [0.2, 0.25) is 0 Å². The average Bonchev–Trinajstić information content (AvgIpc) is 3.15. The molecule has 168 valence electrons. The molecule has 2 aliphatic carbocycles. The van der Waals surface area contributed by atoms with Crippen molar-refractivity contribution >= 4 is 22.2 Å². The Morgan fingerprint density at radius 1 is 1.00 bits per heavy atom. The number of thiazole rings is 1. The van der Waals surface area contributed by atoms with Gasteiger partial charge in [-0.2, -0.15) is 13.2 Å². The van der Waals surface area contributed by atoms with Crippen LogP contribution < -0.4 is 10.1 Å². The van der Waals surface area contributed by atoms with E-state index in [-0.39, 0.29) is 11.7 Å². The van der Waals surface area contributed by atoms with Crippen LogP contribution in [0, 0.1) is 0 Å². The minimum absolute atomic E-state index is 0.0129. The van der Waals surface area contributed by atoms with E-state index < -0.39 is 17.8 Å². The molecule has 1 heterocycles. The lowest BCUT2D eigenvalue weighted by atomic mass is 9.94. The fraction of sp³-hybridized carbons (Fsp3) is 0.375. The molecular weight excluding hydrogens is 437 g/mol. The number of aliphatic hydroxyl groups is 1. The second-order valence-corrected chi connectivity index (χ2v) is 9.34. The Morgan fingerprint density at radius 2 is 1.78 bits per heavy atom. The van der Waals surface area contributed by atoms with Gasteiger partial charge in [-0.25, -0.2) is 4.98 Å². The molecular formula is C24H23F3N2O2S. The first-order chi connectivity index (χ1) is 15.4. The molecule has 0 bridgehead atoms. The molecule has 32 heavy (non-hydrogen) atoms. The second kappa shape index (κ2) is 8.41. The average molecular weight is 461 g/mol. The summed E-state index contributed by atoms with van der Waals surface area (Å²) in [6.07, 6.45) is 0.229. The largest absolute Gasteiger partial charge is 0.488 e. The van der Waals surface area contributed by atoms with Gasteiger partial charge in [0.15, 0.2) is 10.9 Å². The Bertz CT molecular complexity index is 1120. The van der Waals surface area contributed by atoms with E-state index in [1.54, 1.807) is 24.3 Å². The third kappa shape index (κ3) is 4.09. The van der Waals surface area contributed by atoms with E-state index >= 15 is 0 Å². The number of anilines is 2. The number of nitrogens with zero attached hydrogens (tertiary/aromatic N) is 1. The predicted molar refractivity (Wildman–Crippen MR) is 118 cm³/mol. The van der Waals surface area contributed by atoms with Gasteiger partial charge in [0, 0.05) is 10.4 Å². The molecule has 2 N–H and O–H groups in total. The van der Waals surface area contributed by atoms with E-state index in [0.29, 0.717) is 34.2 Å². The number of aliphatic hydroxyl groups excluding tert-OH is 1. The van der Waals surface area contributed by atoms with Gasteiger partial charge in [0.1, 0.15) is 0 Å². The number of aryl methyl sites for hydroxylation is 1. The van der Waals surface area contributed by atoms with Gasteiger partial charge in [-0.1, -0.05) is 30.3 Å². The SMILES string of the molecule is OC1CCCc2sc(Nc3cccc(-c4ccccc4C(F)(F)F)c3OC3CCC3)nc21. The number of para-hydroxylation sites is 1. The third-order valence-electron chi connectivity index (χ3n) is 6.04. The maximum Gasteiger partial charge on any atom is 0.417 e. The first-order valence-electron chi connectivity index (χ1n) is 10.8. The van der Waals surface area contributed by atoms with Crippen LogP contribution in [-0.2, 0) is 12.6 Å². The maximum absolute atomic E-state index is 13.7. The van der Waals surface area contributed by atoms with Crippen molar-refractivity contribution in [3.8, 4) is 16.9 Å². The quantitative estimate of drug-likeness (QED) is 0.436. The van der Waals surface area contributed by atoms with Crippen molar-refractivity contribution in [2.45, 2.75) is 56.9 Å². The number of rotatable bonds is 5. The van der Waals surface area contributed by atoms with Crippen molar-refractivity contribution in [2.24, 2.45) is 0 Å². The summed E-state index contributed by atoms with van der Waals surface area (Å²) in [5, 5.41) is 14.1. The van der Waals surface area contributed by atoms with Crippen molar-refractivity contribution in [3.05, 3.63) is 58.6 Å². The number of alkyl halides is 3. The van der Waals surface area contributed by atoms with E-state index in [2.05, 4.69) is 10.3 Å². The van der Waals surface area contributed by atoms with E-state index in [0.717, 1.165) is 43.0 Å². The van der Waals surface area contributed by atoms with Crippen LogP contribution in [0.2, 0.25) is 0 Å². The minimum atomic E-state index is -4.47. The van der Waals surface area contributed by atoms with E-state index in [1.165, 1.54) is 23.5 Å². The molecule has 4 nitrogen and oxygen atoms in total. The number of fused-ring (bicyclic) bond motifs is 1. The summed E-state index contributed by atoms with van der Waals surface area (Å²) in [5.41, 5.74) is 1.07. The number of halogens is 3. The van der Waals surface area contributed by atoms with Crippen LogP contribution in [0.1, 0.15) is 54.3 Å². The smallest absolute Gasteiger partial charge is 0.417 e. The predicted octanol–water partition coefficient (Wildman–Crippen LogP) is 6.87. The molecule has 2 aliphatic rings. The van der Waals surface area contributed by atoms with Crippen LogP contribution >= 0.6 is 11.3 Å². The summed E-state index contributed by atoms with van der Waals surface area (Å²) in [5.74, 6) is 0.405. The molecule has 1 atom stereocenters. The molecule has 1 unspecified atom stereocenters. The van der Waals surface area contributed by atoms with Crippen LogP contribution in [0.5, 0.6) is 5.75 Å². The van der Waals surface area contributed by atoms with E-state index in [4.69, 9.17) is 4.74 Å². The molecule has 0 saturated heterocycles. The summed E-state index contributed by atoms with van der Waals surface area (Å²) >= 11 is 1.47. The molecule has 1 saturated carbocycles. The van der Waals surface area contributed by atoms with Crippen molar-refractivity contribution in [1.29, 1.82) is 0 Å². The third-order valence-corrected chi connectivity index (χ3v) is 7.09. The number of nitrogens with one attached hydrogen (secondary N) is 1. The highest BCUT2D eigenvalue weighted by molar-refractivity contribution is 7.15. The first-order valence-corrected chi connectivity index (χ1v) is 11.6. The van der Waals surface area contributed by atoms with Gasteiger partial charge < -0.3 is 15.2 Å². The van der Waals surface area contributed by atoms with Gasteiger partial charge in [-0.3, -0.25) is 0 Å². The topological polar surface area (TPSA) is 54.4 Å². The van der Waals surface area contributed by atoms with Gasteiger partial charge >= 0.3 is 6.18 Å². The lowest BCUT2D eigenvalue weighted by molar-refractivity contribution is -0.137. The van der Waals surface area contributed by atoms with Gasteiger partial charge in [0.25, 0.3) is 0 Å². The van der Waals surface area contributed by atoms with E-state index in [9.17, 15) is 18.3 Å². The van der Waals surface area contributed by atoms with Crippen LogP contribution in [0.4, 0.5) is 24.0 Å².